The molecule has 1 aromatic heterocycles. The number of aryl methyl sites for hydroxylation is 1. The van der Waals surface area contributed by atoms with Gasteiger partial charge in [-0.3, -0.25) is 4.79 Å². The smallest absolute Gasteiger partial charge is 0.378 e. The Kier molecular flexibility index (Phi) is 7.38. The number of amides is 1. The summed E-state index contributed by atoms with van der Waals surface area (Å²) in [5, 5.41) is 0. The Morgan fingerprint density at radius 3 is 2.44 bits per heavy atom. The molecule has 1 amide bonds. The molecular weight excluding hydrogens is 421 g/mol. The fraction of sp³-hybridized carbons (Fsp3) is 0.522. The maximum atomic E-state index is 13.2. The first-order valence-electron chi connectivity index (χ1n) is 10.6. The van der Waals surface area contributed by atoms with Crippen LogP contribution in [0.5, 0.6) is 0 Å². The predicted octanol–water partition coefficient (Wildman–Crippen LogP) is 3.85. The molecule has 1 saturated heterocycles. The topological polar surface area (TPSA) is 58.6 Å². The molecule has 0 radical (unpaired) electrons. The van der Waals surface area contributed by atoms with E-state index >= 15 is 0 Å². The van der Waals surface area contributed by atoms with Gasteiger partial charge in [-0.15, -0.1) is 0 Å². The second kappa shape index (κ2) is 9.85. The number of rotatable bonds is 6. The number of carbonyl (C=O) groups is 1. The first-order chi connectivity index (χ1) is 15.1. The lowest BCUT2D eigenvalue weighted by Crippen LogP contribution is -2.50. The fourth-order valence-electron chi connectivity index (χ4n) is 3.90. The molecule has 0 unspecified atom stereocenters. The zero-order chi connectivity index (χ0) is 23.5. The number of piperazine rings is 1. The molecule has 0 bridgehead atoms. The molecular formula is C23H29F3N4O2. The van der Waals surface area contributed by atoms with Crippen molar-refractivity contribution >= 4 is 11.7 Å². The summed E-state index contributed by atoms with van der Waals surface area (Å²) in [4.78, 5) is 25.4. The third-order valence-corrected chi connectivity index (χ3v) is 5.48. The maximum absolute atomic E-state index is 13.2. The standard InChI is InChI=1S/C23H29F3N4O2/c1-15(2)22(31)30-10-8-29(9-11-30)21-19(20(14-32-4)27-16(3)28-21)13-17-6-5-7-18(12-17)23(24,25)26/h5-7,12,15H,8-11,13-14H2,1-4H3. The zero-order valence-corrected chi connectivity index (χ0v) is 18.9. The number of hydrogen-bond donors (Lipinski definition) is 0. The highest BCUT2D eigenvalue weighted by Gasteiger charge is 2.31. The number of halogens is 3. The van der Waals surface area contributed by atoms with Crippen molar-refractivity contribution in [1.82, 2.24) is 14.9 Å². The molecule has 0 saturated carbocycles. The van der Waals surface area contributed by atoms with E-state index in [2.05, 4.69) is 14.9 Å². The largest absolute Gasteiger partial charge is 0.416 e. The summed E-state index contributed by atoms with van der Waals surface area (Å²) in [6, 6.07) is 5.32. The summed E-state index contributed by atoms with van der Waals surface area (Å²) in [5.74, 6) is 1.32. The van der Waals surface area contributed by atoms with E-state index < -0.39 is 11.7 Å². The Hall–Kier alpha value is -2.68. The van der Waals surface area contributed by atoms with Gasteiger partial charge in [-0.1, -0.05) is 32.0 Å². The Morgan fingerprint density at radius 2 is 1.84 bits per heavy atom. The van der Waals surface area contributed by atoms with Crippen LogP contribution < -0.4 is 4.90 Å². The lowest BCUT2D eigenvalue weighted by atomic mass is 10.0. The van der Waals surface area contributed by atoms with Crippen LogP contribution in [0.15, 0.2) is 24.3 Å². The van der Waals surface area contributed by atoms with Crippen LogP contribution in [0.3, 0.4) is 0 Å². The molecule has 2 aromatic rings. The van der Waals surface area contributed by atoms with E-state index in [1.807, 2.05) is 18.7 Å². The van der Waals surface area contributed by atoms with Gasteiger partial charge in [0.15, 0.2) is 0 Å². The van der Waals surface area contributed by atoms with Crippen molar-refractivity contribution in [1.29, 1.82) is 0 Å². The molecule has 0 N–H and O–H groups in total. The van der Waals surface area contributed by atoms with Gasteiger partial charge in [0.05, 0.1) is 17.9 Å². The van der Waals surface area contributed by atoms with Gasteiger partial charge >= 0.3 is 6.18 Å². The number of anilines is 1. The number of ether oxygens (including phenoxy) is 1. The number of carbonyl (C=O) groups excluding carboxylic acids is 1. The summed E-state index contributed by atoms with van der Waals surface area (Å²) >= 11 is 0. The Bertz CT molecular complexity index is 955. The number of alkyl halides is 3. The van der Waals surface area contributed by atoms with E-state index in [0.717, 1.165) is 11.6 Å². The Labute approximate surface area is 186 Å². The summed E-state index contributed by atoms with van der Waals surface area (Å²) in [7, 11) is 1.56. The summed E-state index contributed by atoms with van der Waals surface area (Å²) in [5.41, 5.74) is 1.26. The van der Waals surface area contributed by atoms with Gasteiger partial charge in [-0.25, -0.2) is 9.97 Å². The molecule has 0 spiro atoms. The molecule has 0 atom stereocenters. The van der Waals surface area contributed by atoms with Crippen LogP contribution in [-0.2, 0) is 28.7 Å². The van der Waals surface area contributed by atoms with Gasteiger partial charge in [0.1, 0.15) is 11.6 Å². The molecule has 1 aliphatic heterocycles. The molecule has 3 rings (SSSR count). The van der Waals surface area contributed by atoms with Crippen LogP contribution in [0.4, 0.5) is 19.0 Å². The van der Waals surface area contributed by atoms with Crippen molar-refractivity contribution in [3.63, 3.8) is 0 Å². The van der Waals surface area contributed by atoms with Crippen molar-refractivity contribution in [2.75, 3.05) is 38.2 Å². The number of nitrogens with zero attached hydrogens (tertiary/aromatic N) is 4. The van der Waals surface area contributed by atoms with Crippen LogP contribution in [0.25, 0.3) is 0 Å². The van der Waals surface area contributed by atoms with Gasteiger partial charge in [-0.2, -0.15) is 13.2 Å². The summed E-state index contributed by atoms with van der Waals surface area (Å²) in [6.45, 7) is 8.12. The zero-order valence-electron chi connectivity index (χ0n) is 18.9. The van der Waals surface area contributed by atoms with Gasteiger partial charge < -0.3 is 14.5 Å². The number of benzene rings is 1. The minimum absolute atomic E-state index is 0.0624. The molecule has 1 aromatic carbocycles. The molecule has 0 aliphatic carbocycles. The SMILES string of the molecule is COCc1nc(C)nc(N2CCN(C(=O)C(C)C)CC2)c1Cc1cccc(C(F)(F)F)c1. The first-order valence-corrected chi connectivity index (χ1v) is 10.6. The average molecular weight is 451 g/mol. The maximum Gasteiger partial charge on any atom is 0.416 e. The fourth-order valence-corrected chi connectivity index (χ4v) is 3.90. The molecule has 6 nitrogen and oxygen atoms in total. The molecule has 9 heteroatoms. The Balaban J connectivity index is 1.93. The van der Waals surface area contributed by atoms with Crippen molar-refractivity contribution in [2.45, 2.75) is 40.0 Å². The van der Waals surface area contributed by atoms with Crippen molar-refractivity contribution in [3.05, 3.63) is 52.5 Å². The van der Waals surface area contributed by atoms with E-state index in [4.69, 9.17) is 4.74 Å². The van der Waals surface area contributed by atoms with Crippen LogP contribution in [-0.4, -0.2) is 54.1 Å². The monoisotopic (exact) mass is 450 g/mol. The molecule has 32 heavy (non-hydrogen) atoms. The third kappa shape index (κ3) is 5.56. The van der Waals surface area contributed by atoms with Gasteiger partial charge in [-0.05, 0) is 18.6 Å². The average Bonchev–Trinajstić information content (AvgIpc) is 2.74. The quantitative estimate of drug-likeness (QED) is 0.669. The molecule has 1 aliphatic rings. The van der Waals surface area contributed by atoms with Crippen molar-refractivity contribution in [2.24, 2.45) is 5.92 Å². The normalized spacial score (nSPS) is 14.9. The minimum atomic E-state index is -4.41. The third-order valence-electron chi connectivity index (χ3n) is 5.48. The van der Waals surface area contributed by atoms with Crippen LogP contribution in [0.2, 0.25) is 0 Å². The van der Waals surface area contributed by atoms with Crippen molar-refractivity contribution < 1.29 is 22.7 Å². The second-order valence-corrected chi connectivity index (χ2v) is 8.29. The first kappa shape index (κ1) is 24.0. The van der Waals surface area contributed by atoms with Crippen molar-refractivity contribution in [3.8, 4) is 0 Å². The summed E-state index contributed by atoms with van der Waals surface area (Å²) < 4.78 is 44.9. The second-order valence-electron chi connectivity index (χ2n) is 8.29. The van der Waals surface area contributed by atoms with Crippen LogP contribution in [0.1, 0.15) is 42.1 Å². The van der Waals surface area contributed by atoms with Gasteiger partial charge in [0.2, 0.25) is 5.91 Å². The van der Waals surface area contributed by atoms with Crippen LogP contribution >= 0.6 is 0 Å². The van der Waals surface area contributed by atoms with E-state index in [0.29, 0.717) is 49.1 Å². The van der Waals surface area contributed by atoms with E-state index in [1.165, 1.54) is 12.1 Å². The number of hydrogen-bond acceptors (Lipinski definition) is 5. The minimum Gasteiger partial charge on any atom is -0.378 e. The number of methoxy groups -OCH3 is 1. The molecule has 174 valence electrons. The van der Waals surface area contributed by atoms with E-state index in [9.17, 15) is 18.0 Å². The lowest BCUT2D eigenvalue weighted by Gasteiger charge is -2.37. The van der Waals surface area contributed by atoms with E-state index in [1.54, 1.807) is 20.1 Å². The molecule has 1 fully saturated rings. The van der Waals surface area contributed by atoms with Gasteiger partial charge in [0.25, 0.3) is 0 Å². The highest BCUT2D eigenvalue weighted by molar-refractivity contribution is 5.78. The highest BCUT2D eigenvalue weighted by atomic mass is 19.4. The molecule has 2 heterocycles. The van der Waals surface area contributed by atoms with Crippen LogP contribution in [0, 0.1) is 12.8 Å². The highest BCUT2D eigenvalue weighted by Crippen LogP contribution is 2.31. The Morgan fingerprint density at radius 1 is 1.16 bits per heavy atom. The summed E-state index contributed by atoms with van der Waals surface area (Å²) in [6.07, 6.45) is -4.15. The lowest BCUT2D eigenvalue weighted by molar-refractivity contribution is -0.137. The van der Waals surface area contributed by atoms with Gasteiger partial charge in [0, 0.05) is 51.2 Å². The number of aromatic nitrogens is 2. The van der Waals surface area contributed by atoms with E-state index in [-0.39, 0.29) is 24.9 Å². The predicted molar refractivity (Wildman–Crippen MR) is 115 cm³/mol.